The van der Waals surface area contributed by atoms with E-state index in [2.05, 4.69) is 69.4 Å². The van der Waals surface area contributed by atoms with Gasteiger partial charge in [-0.3, -0.25) is 14.4 Å². The van der Waals surface area contributed by atoms with Crippen LogP contribution >= 0.6 is 0 Å². The summed E-state index contributed by atoms with van der Waals surface area (Å²) in [6.45, 7) is 6.66. The molecule has 0 aliphatic heterocycles. The number of rotatable bonds is 68. The van der Waals surface area contributed by atoms with Gasteiger partial charge in [0.15, 0.2) is 6.10 Å². The van der Waals surface area contributed by atoms with E-state index >= 15 is 0 Å². The van der Waals surface area contributed by atoms with Crippen LogP contribution in [0.5, 0.6) is 0 Å². The zero-order chi connectivity index (χ0) is 59.2. The lowest BCUT2D eigenvalue weighted by molar-refractivity contribution is -0.167. The fraction of sp³-hybridized carbons (Fsp3) is 0.855. The molecule has 6 heteroatoms. The van der Waals surface area contributed by atoms with Crippen molar-refractivity contribution in [1.29, 1.82) is 0 Å². The minimum absolute atomic E-state index is 0.0734. The lowest BCUT2D eigenvalue weighted by Gasteiger charge is -2.18. The summed E-state index contributed by atoms with van der Waals surface area (Å²) in [6, 6.07) is 0. The van der Waals surface area contributed by atoms with Crippen LogP contribution < -0.4 is 0 Å². The molecule has 82 heavy (non-hydrogen) atoms. The van der Waals surface area contributed by atoms with Gasteiger partial charge in [-0.15, -0.1) is 0 Å². The maximum absolute atomic E-state index is 12.9. The highest BCUT2D eigenvalue weighted by Gasteiger charge is 2.19. The molecular formula is C76H140O6. The van der Waals surface area contributed by atoms with Gasteiger partial charge < -0.3 is 14.2 Å². The molecule has 0 aliphatic carbocycles. The molecule has 0 saturated heterocycles. The van der Waals surface area contributed by atoms with Gasteiger partial charge in [-0.1, -0.05) is 326 Å². The standard InChI is InChI=1S/C76H140O6/c1-4-7-10-13-16-19-22-25-28-30-32-33-34-35-36-37-38-39-40-41-42-43-45-46-48-51-54-57-60-63-66-69-75(78)81-72-73(71-80-74(77)68-65-62-59-56-53-50-27-24-21-18-15-12-9-6-3)82-76(79)70-67-64-61-58-55-52-49-47-44-31-29-26-23-20-17-14-11-8-5-2/h17,20,24,26-27,29-30,32,73H,4-16,18-19,21-23,25,28,31,33-72H2,1-3H3/b20-17-,27-24-,29-26-,32-30-. The fourth-order valence-corrected chi connectivity index (χ4v) is 11.0. The molecule has 0 bridgehead atoms. The number of esters is 3. The van der Waals surface area contributed by atoms with Gasteiger partial charge in [0.25, 0.3) is 0 Å². The Labute approximate surface area is 511 Å². The second kappa shape index (κ2) is 70.9. The quantitative estimate of drug-likeness (QED) is 0.0261. The Hall–Kier alpha value is -2.63. The molecule has 480 valence electrons. The molecule has 0 aromatic heterocycles. The maximum atomic E-state index is 12.9. The normalized spacial score (nSPS) is 12.3. The molecule has 6 nitrogen and oxygen atoms in total. The van der Waals surface area contributed by atoms with Crippen LogP contribution in [-0.2, 0) is 28.6 Å². The highest BCUT2D eigenvalue weighted by Crippen LogP contribution is 2.18. The van der Waals surface area contributed by atoms with Crippen LogP contribution in [-0.4, -0.2) is 37.2 Å². The van der Waals surface area contributed by atoms with Crippen LogP contribution in [0.1, 0.15) is 400 Å². The van der Waals surface area contributed by atoms with Crippen molar-refractivity contribution in [2.45, 2.75) is 406 Å². The summed E-state index contributed by atoms with van der Waals surface area (Å²) in [4.78, 5) is 38.4. The predicted molar refractivity (Wildman–Crippen MR) is 358 cm³/mol. The van der Waals surface area contributed by atoms with Gasteiger partial charge in [0, 0.05) is 19.3 Å². The van der Waals surface area contributed by atoms with Crippen LogP contribution in [0.2, 0.25) is 0 Å². The minimum atomic E-state index is -0.778. The minimum Gasteiger partial charge on any atom is -0.462 e. The van der Waals surface area contributed by atoms with Gasteiger partial charge in [-0.2, -0.15) is 0 Å². The molecular weight excluding hydrogens is 1010 g/mol. The van der Waals surface area contributed by atoms with E-state index in [1.807, 2.05) is 0 Å². The summed E-state index contributed by atoms with van der Waals surface area (Å²) in [5, 5.41) is 0. The number of hydrogen-bond acceptors (Lipinski definition) is 6. The molecule has 0 amide bonds. The lowest BCUT2D eigenvalue weighted by atomic mass is 10.0. The van der Waals surface area contributed by atoms with E-state index < -0.39 is 6.10 Å². The summed E-state index contributed by atoms with van der Waals surface area (Å²) in [5.74, 6) is -0.861. The third kappa shape index (κ3) is 68.2. The number of unbranched alkanes of at least 4 members (excludes halogenated alkanes) is 49. The van der Waals surface area contributed by atoms with Crippen molar-refractivity contribution >= 4 is 17.9 Å². The van der Waals surface area contributed by atoms with E-state index in [0.717, 1.165) is 70.6 Å². The van der Waals surface area contributed by atoms with Crippen LogP contribution in [0.4, 0.5) is 0 Å². The van der Waals surface area contributed by atoms with Crippen LogP contribution in [0.25, 0.3) is 0 Å². The summed E-state index contributed by atoms with van der Waals surface area (Å²) in [5.41, 5.74) is 0. The first kappa shape index (κ1) is 79.4. The number of carbonyl (C=O) groups is 3. The molecule has 0 aliphatic rings. The molecule has 0 radical (unpaired) electrons. The highest BCUT2D eigenvalue weighted by molar-refractivity contribution is 5.71. The first-order valence-electron chi connectivity index (χ1n) is 36.6. The second-order valence-electron chi connectivity index (χ2n) is 24.8. The van der Waals surface area contributed by atoms with Gasteiger partial charge in [0.2, 0.25) is 0 Å². The van der Waals surface area contributed by atoms with E-state index in [-0.39, 0.29) is 31.1 Å². The Morgan fingerprint density at radius 3 is 0.707 bits per heavy atom. The van der Waals surface area contributed by atoms with Crippen molar-refractivity contribution in [1.82, 2.24) is 0 Å². The third-order valence-electron chi connectivity index (χ3n) is 16.5. The van der Waals surface area contributed by atoms with E-state index in [0.29, 0.717) is 19.3 Å². The van der Waals surface area contributed by atoms with Crippen molar-refractivity contribution in [3.8, 4) is 0 Å². The highest BCUT2D eigenvalue weighted by atomic mass is 16.6. The molecule has 0 N–H and O–H groups in total. The molecule has 1 unspecified atom stereocenters. The molecule has 0 rings (SSSR count). The molecule has 0 saturated carbocycles. The van der Waals surface area contributed by atoms with Gasteiger partial charge in [-0.25, -0.2) is 0 Å². The number of ether oxygens (including phenoxy) is 3. The van der Waals surface area contributed by atoms with E-state index in [9.17, 15) is 14.4 Å². The molecule has 0 aromatic carbocycles. The Morgan fingerprint density at radius 1 is 0.244 bits per heavy atom. The summed E-state index contributed by atoms with van der Waals surface area (Å²) in [7, 11) is 0. The topological polar surface area (TPSA) is 78.9 Å². The van der Waals surface area contributed by atoms with Crippen molar-refractivity contribution in [3.05, 3.63) is 48.6 Å². The first-order chi connectivity index (χ1) is 40.5. The number of allylic oxidation sites excluding steroid dienone is 8. The summed E-state index contributed by atoms with van der Waals surface area (Å²) < 4.78 is 17.0. The second-order valence-corrected chi connectivity index (χ2v) is 24.8. The van der Waals surface area contributed by atoms with Crippen molar-refractivity contribution in [3.63, 3.8) is 0 Å². The van der Waals surface area contributed by atoms with Crippen molar-refractivity contribution < 1.29 is 28.6 Å². The van der Waals surface area contributed by atoms with Gasteiger partial charge in [0.05, 0.1) is 0 Å². The number of hydrogen-bond donors (Lipinski definition) is 0. The van der Waals surface area contributed by atoms with E-state index in [4.69, 9.17) is 14.2 Å². The lowest BCUT2D eigenvalue weighted by Crippen LogP contribution is -2.30. The molecule has 1 atom stereocenters. The summed E-state index contributed by atoms with van der Waals surface area (Å²) >= 11 is 0. The first-order valence-corrected chi connectivity index (χ1v) is 36.6. The third-order valence-corrected chi connectivity index (χ3v) is 16.5. The Kier molecular flexibility index (Phi) is 68.6. The van der Waals surface area contributed by atoms with Crippen molar-refractivity contribution in [2.24, 2.45) is 0 Å². The number of carbonyl (C=O) groups excluding carboxylic acids is 3. The zero-order valence-corrected chi connectivity index (χ0v) is 55.3. The molecule has 0 heterocycles. The Balaban J connectivity index is 4.18. The molecule has 0 spiro atoms. The van der Waals surface area contributed by atoms with Gasteiger partial charge in [-0.05, 0) is 103 Å². The zero-order valence-electron chi connectivity index (χ0n) is 55.3. The van der Waals surface area contributed by atoms with Gasteiger partial charge in [0.1, 0.15) is 13.2 Å². The fourth-order valence-electron chi connectivity index (χ4n) is 11.0. The van der Waals surface area contributed by atoms with Crippen LogP contribution in [0, 0.1) is 0 Å². The Morgan fingerprint density at radius 2 is 0.439 bits per heavy atom. The van der Waals surface area contributed by atoms with Crippen LogP contribution in [0.15, 0.2) is 48.6 Å². The monoisotopic (exact) mass is 1150 g/mol. The van der Waals surface area contributed by atoms with Gasteiger partial charge >= 0.3 is 17.9 Å². The average molecular weight is 1150 g/mol. The SMILES string of the molecule is CCCCC/C=C\C/C=C\CCCCCCCCCCCC(=O)OC(COC(=O)CCCCCCC/C=C\CCCCCCC)COC(=O)CCCCCCCCCCCCCCCCCCCCC/C=C\CCCCCCCCCC. The smallest absolute Gasteiger partial charge is 0.306 e. The average Bonchev–Trinajstić information content (AvgIpc) is 3.47. The maximum Gasteiger partial charge on any atom is 0.306 e. The Bertz CT molecular complexity index is 1410. The summed E-state index contributed by atoms with van der Waals surface area (Å²) in [6.07, 6.45) is 90.1. The largest absolute Gasteiger partial charge is 0.462 e. The molecule has 0 aromatic rings. The van der Waals surface area contributed by atoms with Crippen molar-refractivity contribution in [2.75, 3.05) is 13.2 Å². The van der Waals surface area contributed by atoms with Crippen LogP contribution in [0.3, 0.4) is 0 Å². The van der Waals surface area contributed by atoms with E-state index in [1.165, 1.54) is 289 Å². The predicted octanol–water partition coefficient (Wildman–Crippen LogP) is 25.3. The van der Waals surface area contributed by atoms with E-state index in [1.54, 1.807) is 0 Å². The molecule has 0 fully saturated rings.